The molecule has 3 aromatic rings. The van der Waals surface area contributed by atoms with E-state index in [4.69, 9.17) is 0 Å². The summed E-state index contributed by atoms with van der Waals surface area (Å²) in [5, 5.41) is 3.00. The van der Waals surface area contributed by atoms with Gasteiger partial charge in [-0.05, 0) is 80.8 Å². The summed E-state index contributed by atoms with van der Waals surface area (Å²) in [7, 11) is -2.17. The first kappa shape index (κ1) is 22.6. The Hall–Kier alpha value is -3.12. The number of aryl methyl sites for hydroxylation is 3. The molecule has 0 aliphatic heterocycles. The predicted molar refractivity (Wildman–Crippen MR) is 125 cm³/mol. The molecule has 31 heavy (non-hydrogen) atoms. The Kier molecular flexibility index (Phi) is 6.51. The summed E-state index contributed by atoms with van der Waals surface area (Å²) in [6.45, 7) is 7.95. The number of nitrogens with one attached hydrogen (secondary N) is 1. The molecule has 3 rings (SSSR count). The van der Waals surface area contributed by atoms with Gasteiger partial charge in [0, 0.05) is 12.6 Å². The van der Waals surface area contributed by atoms with E-state index < -0.39 is 10.0 Å². The van der Waals surface area contributed by atoms with Gasteiger partial charge in [0.15, 0.2) is 0 Å². The van der Waals surface area contributed by atoms with Crippen LogP contribution in [0.2, 0.25) is 0 Å². The summed E-state index contributed by atoms with van der Waals surface area (Å²) in [6.07, 6.45) is 0. The summed E-state index contributed by atoms with van der Waals surface area (Å²) < 4.78 is 26.9. The predicted octanol–water partition coefficient (Wildman–Crippen LogP) is 4.93. The van der Waals surface area contributed by atoms with E-state index in [1.165, 1.54) is 22.5 Å². The number of hydrogen-bond acceptors (Lipinski definition) is 3. The van der Waals surface area contributed by atoms with Crippen LogP contribution in [0.4, 0.5) is 5.69 Å². The van der Waals surface area contributed by atoms with E-state index in [1.54, 1.807) is 48.5 Å². The van der Waals surface area contributed by atoms with Crippen molar-refractivity contribution >= 4 is 21.6 Å². The van der Waals surface area contributed by atoms with E-state index in [-0.39, 0.29) is 16.8 Å². The minimum Gasteiger partial charge on any atom is -0.346 e. The van der Waals surface area contributed by atoms with Gasteiger partial charge < -0.3 is 5.32 Å². The molecule has 0 saturated heterocycles. The summed E-state index contributed by atoms with van der Waals surface area (Å²) >= 11 is 0. The molecule has 3 aromatic carbocycles. The molecule has 1 atom stereocenters. The highest BCUT2D eigenvalue weighted by molar-refractivity contribution is 7.92. The maximum Gasteiger partial charge on any atom is 0.264 e. The Bertz CT molecular complexity index is 1180. The van der Waals surface area contributed by atoms with Crippen molar-refractivity contribution in [3.8, 4) is 0 Å². The monoisotopic (exact) mass is 436 g/mol. The van der Waals surface area contributed by atoms with E-state index >= 15 is 0 Å². The van der Waals surface area contributed by atoms with Crippen LogP contribution < -0.4 is 9.62 Å². The molecule has 0 bridgehead atoms. The summed E-state index contributed by atoms with van der Waals surface area (Å²) in [6, 6.07) is 19.3. The lowest BCUT2D eigenvalue weighted by Crippen LogP contribution is -2.28. The molecule has 0 spiro atoms. The van der Waals surface area contributed by atoms with Crippen LogP contribution in [0.1, 0.15) is 45.6 Å². The van der Waals surface area contributed by atoms with Gasteiger partial charge in [0.2, 0.25) is 0 Å². The highest BCUT2D eigenvalue weighted by atomic mass is 32.2. The van der Waals surface area contributed by atoms with Crippen molar-refractivity contribution in [2.45, 2.75) is 38.6 Å². The zero-order valence-corrected chi connectivity index (χ0v) is 19.3. The van der Waals surface area contributed by atoms with Crippen LogP contribution >= 0.6 is 0 Å². The molecule has 6 heteroatoms. The van der Waals surface area contributed by atoms with E-state index in [9.17, 15) is 13.2 Å². The fraction of sp³-hybridized carbons (Fsp3) is 0.240. The van der Waals surface area contributed by atoms with Gasteiger partial charge in [0.05, 0.1) is 16.6 Å². The van der Waals surface area contributed by atoms with Crippen LogP contribution in [-0.2, 0) is 10.0 Å². The van der Waals surface area contributed by atoms with Gasteiger partial charge in [-0.3, -0.25) is 9.10 Å². The van der Waals surface area contributed by atoms with Crippen LogP contribution in [0.5, 0.6) is 0 Å². The zero-order valence-electron chi connectivity index (χ0n) is 18.5. The molecular weight excluding hydrogens is 408 g/mol. The Morgan fingerprint density at radius 2 is 1.48 bits per heavy atom. The second-order valence-corrected chi connectivity index (χ2v) is 9.84. The van der Waals surface area contributed by atoms with Crippen molar-refractivity contribution in [3.05, 3.63) is 94.5 Å². The third-order valence-corrected chi connectivity index (χ3v) is 7.35. The van der Waals surface area contributed by atoms with Gasteiger partial charge in [-0.2, -0.15) is 0 Å². The van der Waals surface area contributed by atoms with Crippen LogP contribution in [0.15, 0.2) is 71.6 Å². The molecule has 1 unspecified atom stereocenters. The maximum absolute atomic E-state index is 12.9. The number of benzene rings is 3. The fourth-order valence-corrected chi connectivity index (χ4v) is 4.42. The number of rotatable bonds is 6. The highest BCUT2D eigenvalue weighted by Gasteiger charge is 2.21. The van der Waals surface area contributed by atoms with Crippen LogP contribution in [0.25, 0.3) is 0 Å². The first-order valence-electron chi connectivity index (χ1n) is 10.1. The number of amides is 1. The Balaban J connectivity index is 1.73. The van der Waals surface area contributed by atoms with Gasteiger partial charge in [0.25, 0.3) is 15.9 Å². The number of carbonyl (C=O) groups excluding carboxylic acids is 1. The molecule has 0 radical (unpaired) electrons. The molecule has 5 nitrogen and oxygen atoms in total. The zero-order chi connectivity index (χ0) is 22.8. The van der Waals surface area contributed by atoms with Gasteiger partial charge in [-0.25, -0.2) is 8.42 Å². The molecule has 0 heterocycles. The Morgan fingerprint density at radius 3 is 2.06 bits per heavy atom. The quantitative estimate of drug-likeness (QED) is 0.596. The number of anilines is 1. The molecule has 162 valence electrons. The number of sulfonamides is 1. The highest BCUT2D eigenvalue weighted by Crippen LogP contribution is 2.23. The summed E-state index contributed by atoms with van der Waals surface area (Å²) in [4.78, 5) is 12.9. The van der Waals surface area contributed by atoms with Crippen molar-refractivity contribution in [2.24, 2.45) is 0 Å². The normalized spacial score (nSPS) is 12.3. The van der Waals surface area contributed by atoms with Crippen molar-refractivity contribution in [1.29, 1.82) is 0 Å². The van der Waals surface area contributed by atoms with Crippen molar-refractivity contribution < 1.29 is 13.2 Å². The van der Waals surface area contributed by atoms with E-state index in [2.05, 4.69) is 18.3 Å². The van der Waals surface area contributed by atoms with E-state index in [0.717, 1.165) is 11.1 Å². The molecule has 0 fully saturated rings. The number of nitrogens with zero attached hydrogens (tertiary/aromatic N) is 1. The second kappa shape index (κ2) is 8.94. The topological polar surface area (TPSA) is 66.5 Å². The van der Waals surface area contributed by atoms with Crippen molar-refractivity contribution in [1.82, 2.24) is 5.32 Å². The Morgan fingerprint density at radius 1 is 0.871 bits per heavy atom. The fourth-order valence-electron chi connectivity index (χ4n) is 3.23. The number of carbonyl (C=O) groups is 1. The van der Waals surface area contributed by atoms with Gasteiger partial charge in [0.1, 0.15) is 0 Å². The average Bonchev–Trinajstić information content (AvgIpc) is 2.75. The molecule has 0 saturated carbocycles. The molecular formula is C25H28N2O3S. The van der Waals surface area contributed by atoms with Gasteiger partial charge >= 0.3 is 0 Å². The minimum atomic E-state index is -3.67. The Labute approximate surface area is 184 Å². The largest absolute Gasteiger partial charge is 0.346 e. The minimum absolute atomic E-state index is 0.143. The molecule has 0 aliphatic carbocycles. The average molecular weight is 437 g/mol. The first-order valence-corrected chi connectivity index (χ1v) is 11.6. The number of hydrogen-bond donors (Lipinski definition) is 1. The molecule has 0 aromatic heterocycles. The third kappa shape index (κ3) is 4.97. The lowest BCUT2D eigenvalue weighted by atomic mass is 10.0. The first-order chi connectivity index (χ1) is 14.6. The van der Waals surface area contributed by atoms with Crippen molar-refractivity contribution in [2.75, 3.05) is 11.4 Å². The summed E-state index contributed by atoms with van der Waals surface area (Å²) in [5.74, 6) is -0.207. The smallest absolute Gasteiger partial charge is 0.264 e. The van der Waals surface area contributed by atoms with Crippen molar-refractivity contribution in [3.63, 3.8) is 0 Å². The standard InChI is InChI=1S/C25H28N2O3S/c1-17-6-14-24(15-7-17)31(29,30)27(5)23-12-10-21(11-13-23)25(28)26-20(4)22-9-8-18(2)19(3)16-22/h6-16,20H,1-5H3,(H,26,28). The summed E-state index contributed by atoms with van der Waals surface area (Å²) in [5.41, 5.74) is 5.38. The molecule has 1 N–H and O–H groups in total. The molecule has 1 amide bonds. The van der Waals surface area contributed by atoms with Crippen LogP contribution in [0, 0.1) is 20.8 Å². The second-order valence-electron chi connectivity index (χ2n) is 7.87. The van der Waals surface area contributed by atoms with E-state index in [1.807, 2.05) is 32.9 Å². The third-order valence-electron chi connectivity index (χ3n) is 5.55. The van der Waals surface area contributed by atoms with E-state index in [0.29, 0.717) is 11.3 Å². The van der Waals surface area contributed by atoms with Gasteiger partial charge in [-0.1, -0.05) is 35.9 Å². The lowest BCUT2D eigenvalue weighted by molar-refractivity contribution is 0.0940. The van der Waals surface area contributed by atoms with Crippen LogP contribution in [0.3, 0.4) is 0 Å². The SMILES string of the molecule is Cc1ccc(S(=O)(=O)N(C)c2ccc(C(=O)NC(C)c3ccc(C)c(C)c3)cc2)cc1. The molecule has 0 aliphatic rings. The maximum atomic E-state index is 12.9. The van der Waals surface area contributed by atoms with Crippen LogP contribution in [-0.4, -0.2) is 21.4 Å². The lowest BCUT2D eigenvalue weighted by Gasteiger charge is -2.20. The van der Waals surface area contributed by atoms with Gasteiger partial charge in [-0.15, -0.1) is 0 Å².